The van der Waals surface area contributed by atoms with Gasteiger partial charge in [-0.3, -0.25) is 14.4 Å². The highest BCUT2D eigenvalue weighted by Gasteiger charge is 2.42. The number of nitrogens with one attached hydrogen (secondary N) is 3. The van der Waals surface area contributed by atoms with E-state index in [1.165, 1.54) is 5.56 Å². The standard InChI is InChI=1S/C30H40N4O4/c1-18(31-5)27(36)33-26(30(2,3)4)29(38)34-17-21-15-22(35)14-13-20(21)16-25(34)28(37)32-24-12-8-10-19-9-6-7-11-23(19)24/h6-7,9,11,13-15,18,24-26,31,35H,8,10,12,16-17H2,1-5H3,(H,32,37)(H,33,36)/t18-,24?,25-,26?/m0/s1. The Labute approximate surface area is 225 Å². The summed E-state index contributed by atoms with van der Waals surface area (Å²) >= 11 is 0. The lowest BCUT2D eigenvalue weighted by molar-refractivity contribution is -0.147. The number of fused-ring (bicyclic) bond motifs is 2. The van der Waals surface area contributed by atoms with Crippen LogP contribution in [0.1, 0.15) is 68.8 Å². The van der Waals surface area contributed by atoms with Crippen molar-refractivity contribution in [1.82, 2.24) is 20.9 Å². The van der Waals surface area contributed by atoms with Crippen LogP contribution in [0.5, 0.6) is 5.75 Å². The zero-order chi connectivity index (χ0) is 27.6. The number of likely N-dealkylation sites (N-methyl/N-ethyl adjacent to an activating group) is 1. The highest BCUT2D eigenvalue weighted by atomic mass is 16.3. The molecule has 0 spiro atoms. The van der Waals surface area contributed by atoms with Crippen LogP contribution in [0.3, 0.4) is 0 Å². The molecule has 0 bridgehead atoms. The summed E-state index contributed by atoms with van der Waals surface area (Å²) in [6.45, 7) is 7.61. The van der Waals surface area contributed by atoms with Gasteiger partial charge in [-0.15, -0.1) is 0 Å². The fourth-order valence-corrected chi connectivity index (χ4v) is 5.42. The smallest absolute Gasteiger partial charge is 0.246 e. The maximum atomic E-state index is 14.1. The second kappa shape index (κ2) is 11.2. The number of carbonyl (C=O) groups is 3. The Morgan fingerprint density at radius 1 is 1.05 bits per heavy atom. The Morgan fingerprint density at radius 3 is 2.50 bits per heavy atom. The van der Waals surface area contributed by atoms with Crippen LogP contribution < -0.4 is 16.0 Å². The Hall–Kier alpha value is -3.39. The van der Waals surface area contributed by atoms with Gasteiger partial charge in [0.05, 0.1) is 12.1 Å². The summed E-state index contributed by atoms with van der Waals surface area (Å²) in [6.07, 6.45) is 3.15. The van der Waals surface area contributed by atoms with Crippen molar-refractivity contribution in [2.75, 3.05) is 7.05 Å². The van der Waals surface area contributed by atoms with Crippen LogP contribution in [0, 0.1) is 5.41 Å². The van der Waals surface area contributed by atoms with Crippen molar-refractivity contribution in [3.8, 4) is 5.75 Å². The first-order valence-corrected chi connectivity index (χ1v) is 13.5. The van der Waals surface area contributed by atoms with E-state index < -0.39 is 23.5 Å². The Kier molecular flexibility index (Phi) is 8.11. The zero-order valence-corrected chi connectivity index (χ0v) is 23.0. The summed E-state index contributed by atoms with van der Waals surface area (Å²) in [5, 5.41) is 19.2. The maximum Gasteiger partial charge on any atom is 0.246 e. The van der Waals surface area contributed by atoms with Gasteiger partial charge in [0.25, 0.3) is 0 Å². The van der Waals surface area contributed by atoms with Gasteiger partial charge >= 0.3 is 0 Å². The minimum Gasteiger partial charge on any atom is -0.508 e. The van der Waals surface area contributed by atoms with Gasteiger partial charge in [0.1, 0.15) is 17.8 Å². The third-order valence-corrected chi connectivity index (χ3v) is 7.82. The number of hydrogen-bond donors (Lipinski definition) is 4. The Balaban J connectivity index is 1.65. The van der Waals surface area contributed by atoms with Crippen LogP contribution in [0.25, 0.3) is 0 Å². The summed E-state index contributed by atoms with van der Waals surface area (Å²) in [7, 11) is 1.69. The molecule has 4 atom stereocenters. The molecule has 0 aromatic heterocycles. The number of rotatable bonds is 6. The molecule has 2 unspecified atom stereocenters. The van der Waals surface area contributed by atoms with E-state index in [0.717, 1.165) is 36.0 Å². The first-order chi connectivity index (χ1) is 18.0. The van der Waals surface area contributed by atoms with Crippen LogP contribution in [0.4, 0.5) is 0 Å². The van der Waals surface area contributed by atoms with E-state index in [9.17, 15) is 19.5 Å². The van der Waals surface area contributed by atoms with Gasteiger partial charge in [-0.2, -0.15) is 0 Å². The number of amides is 3. The number of benzene rings is 2. The molecular weight excluding hydrogens is 480 g/mol. The van der Waals surface area contributed by atoms with Gasteiger partial charge in [-0.05, 0) is 73.0 Å². The van der Waals surface area contributed by atoms with Crippen LogP contribution in [0.15, 0.2) is 42.5 Å². The van der Waals surface area contributed by atoms with Crippen molar-refractivity contribution in [2.24, 2.45) is 5.41 Å². The molecule has 2 aromatic carbocycles. The van der Waals surface area contributed by atoms with E-state index in [2.05, 4.69) is 28.1 Å². The van der Waals surface area contributed by atoms with Crippen molar-refractivity contribution >= 4 is 17.7 Å². The zero-order valence-electron chi connectivity index (χ0n) is 23.0. The molecule has 8 nitrogen and oxygen atoms in total. The molecule has 204 valence electrons. The molecule has 0 saturated carbocycles. The van der Waals surface area contributed by atoms with Crippen molar-refractivity contribution in [2.45, 2.75) is 84.1 Å². The maximum absolute atomic E-state index is 14.1. The van der Waals surface area contributed by atoms with E-state index in [0.29, 0.717) is 6.42 Å². The molecule has 0 fully saturated rings. The van der Waals surface area contributed by atoms with Gasteiger partial charge in [0.15, 0.2) is 0 Å². The summed E-state index contributed by atoms with van der Waals surface area (Å²) < 4.78 is 0. The fourth-order valence-electron chi connectivity index (χ4n) is 5.42. The van der Waals surface area contributed by atoms with E-state index >= 15 is 0 Å². The Morgan fingerprint density at radius 2 is 1.79 bits per heavy atom. The average molecular weight is 521 g/mol. The Bertz CT molecular complexity index is 1200. The van der Waals surface area contributed by atoms with Crippen molar-refractivity contribution < 1.29 is 19.5 Å². The minimum absolute atomic E-state index is 0.111. The highest BCUT2D eigenvalue weighted by Crippen LogP contribution is 2.32. The van der Waals surface area contributed by atoms with Gasteiger partial charge in [-0.25, -0.2) is 0 Å². The lowest BCUT2D eigenvalue weighted by Crippen LogP contribution is -2.62. The van der Waals surface area contributed by atoms with Crippen LogP contribution in [-0.2, 0) is 33.8 Å². The number of nitrogens with zero attached hydrogens (tertiary/aromatic N) is 1. The summed E-state index contributed by atoms with van der Waals surface area (Å²) in [5.74, 6) is -0.689. The molecule has 1 aliphatic carbocycles. The SMILES string of the molecule is CN[C@@H](C)C(=O)NC(C(=O)N1Cc2cc(O)ccc2C[C@H]1C(=O)NC1CCCc2ccccc21)C(C)(C)C. The molecule has 2 aliphatic rings. The van der Waals surface area contributed by atoms with Crippen molar-refractivity contribution in [1.29, 1.82) is 0 Å². The summed E-state index contributed by atoms with van der Waals surface area (Å²) in [4.78, 5) is 42.4. The molecule has 8 heteroatoms. The van der Waals surface area contributed by atoms with Crippen LogP contribution in [0.2, 0.25) is 0 Å². The lowest BCUT2D eigenvalue weighted by atomic mass is 9.83. The van der Waals surface area contributed by atoms with Gasteiger partial charge < -0.3 is 26.0 Å². The molecule has 2 aromatic rings. The van der Waals surface area contributed by atoms with Crippen LogP contribution in [-0.4, -0.2) is 52.9 Å². The predicted molar refractivity (Wildman–Crippen MR) is 146 cm³/mol. The molecule has 0 radical (unpaired) electrons. The van der Waals surface area contributed by atoms with E-state index in [1.54, 1.807) is 31.0 Å². The van der Waals surface area contributed by atoms with Gasteiger partial charge in [0, 0.05) is 13.0 Å². The van der Waals surface area contributed by atoms with Crippen molar-refractivity contribution in [3.05, 3.63) is 64.7 Å². The third-order valence-electron chi connectivity index (χ3n) is 7.82. The molecule has 1 aliphatic heterocycles. The molecule has 38 heavy (non-hydrogen) atoms. The number of carbonyl (C=O) groups excluding carboxylic acids is 3. The molecule has 1 heterocycles. The second-order valence-corrected chi connectivity index (χ2v) is 11.6. The first-order valence-electron chi connectivity index (χ1n) is 13.5. The topological polar surface area (TPSA) is 111 Å². The molecule has 3 amide bonds. The van der Waals surface area contributed by atoms with E-state index in [-0.39, 0.29) is 36.1 Å². The van der Waals surface area contributed by atoms with Gasteiger partial charge in [-0.1, -0.05) is 51.1 Å². The van der Waals surface area contributed by atoms with Gasteiger partial charge in [0.2, 0.25) is 17.7 Å². The number of phenols is 1. The number of aryl methyl sites for hydroxylation is 1. The van der Waals surface area contributed by atoms with E-state index in [4.69, 9.17) is 0 Å². The monoisotopic (exact) mass is 520 g/mol. The number of hydrogen-bond acceptors (Lipinski definition) is 5. The lowest BCUT2D eigenvalue weighted by Gasteiger charge is -2.41. The summed E-state index contributed by atoms with van der Waals surface area (Å²) in [6, 6.07) is 11.1. The van der Waals surface area contributed by atoms with Crippen LogP contribution >= 0.6 is 0 Å². The molecule has 4 rings (SSSR count). The predicted octanol–water partition coefficient (Wildman–Crippen LogP) is 2.98. The number of aromatic hydroxyl groups is 1. The molecule has 4 N–H and O–H groups in total. The second-order valence-electron chi connectivity index (χ2n) is 11.6. The average Bonchev–Trinajstić information content (AvgIpc) is 2.89. The number of phenolic OH excluding ortho intramolecular Hbond substituents is 1. The quantitative estimate of drug-likeness (QED) is 0.468. The highest BCUT2D eigenvalue weighted by molar-refractivity contribution is 5.94. The molecular formula is C30H40N4O4. The third kappa shape index (κ3) is 5.85. The normalized spacial score (nSPS) is 20.5. The largest absolute Gasteiger partial charge is 0.508 e. The van der Waals surface area contributed by atoms with E-state index in [1.807, 2.05) is 39.0 Å². The van der Waals surface area contributed by atoms with Crippen molar-refractivity contribution in [3.63, 3.8) is 0 Å². The summed E-state index contributed by atoms with van der Waals surface area (Å²) in [5.41, 5.74) is 3.51. The minimum atomic E-state index is -0.838. The molecule has 0 saturated heterocycles. The first kappa shape index (κ1) is 27.6. The fraction of sp³-hybridized carbons (Fsp3) is 0.500.